The molecule has 0 aromatic carbocycles. The van der Waals surface area contributed by atoms with Crippen molar-refractivity contribution in [3.8, 4) is 0 Å². The van der Waals surface area contributed by atoms with Crippen LogP contribution in [0.25, 0.3) is 0 Å². The van der Waals surface area contributed by atoms with E-state index in [9.17, 15) is 9.59 Å². The topological polar surface area (TPSA) is 68.3 Å². The van der Waals surface area contributed by atoms with E-state index in [2.05, 4.69) is 4.90 Å². The summed E-state index contributed by atoms with van der Waals surface area (Å²) in [5.74, 6) is -0.664. The van der Waals surface area contributed by atoms with E-state index < -0.39 is 5.91 Å². The maximum absolute atomic E-state index is 11.8. The minimum Gasteiger partial charge on any atom is -0.365 e. The summed E-state index contributed by atoms with van der Waals surface area (Å²) in [5.41, 5.74) is 4.88. The van der Waals surface area contributed by atoms with Crippen LogP contribution in [-0.4, -0.2) is 35.0 Å². The fraction of sp³-hybridized carbons (Fsp3) is 0.455. The smallest absolute Gasteiger partial charge is 0.263 e. The number of aromatic nitrogens is 1. The molecule has 2 heterocycles. The molecule has 0 bridgehead atoms. The van der Waals surface area contributed by atoms with Crippen molar-refractivity contribution in [3.05, 3.63) is 34.2 Å². The van der Waals surface area contributed by atoms with Gasteiger partial charge in [-0.1, -0.05) is 0 Å². The van der Waals surface area contributed by atoms with E-state index in [1.807, 2.05) is 0 Å². The SMILES string of the molecule is NC(=O)c1cccn(CCN2CCC2)c1=O. The van der Waals surface area contributed by atoms with Crippen LogP contribution in [-0.2, 0) is 6.54 Å². The number of hydrogen-bond acceptors (Lipinski definition) is 3. The van der Waals surface area contributed by atoms with Crippen molar-refractivity contribution in [2.24, 2.45) is 5.73 Å². The standard InChI is InChI=1S/C11H15N3O2/c12-10(15)9-3-1-6-14(11(9)16)8-7-13-4-2-5-13/h1,3,6H,2,4-5,7-8H2,(H2,12,15). The van der Waals surface area contributed by atoms with Gasteiger partial charge in [-0.2, -0.15) is 0 Å². The Morgan fingerprint density at radius 1 is 1.38 bits per heavy atom. The van der Waals surface area contributed by atoms with E-state index in [1.54, 1.807) is 16.8 Å². The predicted molar refractivity (Wildman–Crippen MR) is 60.3 cm³/mol. The number of primary amides is 1. The Labute approximate surface area is 93.5 Å². The highest BCUT2D eigenvalue weighted by molar-refractivity contribution is 5.92. The number of hydrogen-bond donors (Lipinski definition) is 1. The second-order valence-electron chi connectivity index (χ2n) is 3.98. The first-order valence-corrected chi connectivity index (χ1v) is 5.40. The summed E-state index contributed by atoms with van der Waals surface area (Å²) in [4.78, 5) is 25.0. The molecule has 5 heteroatoms. The fourth-order valence-corrected chi connectivity index (χ4v) is 1.75. The van der Waals surface area contributed by atoms with Gasteiger partial charge in [0, 0.05) is 19.3 Å². The molecular weight excluding hydrogens is 206 g/mol. The zero-order chi connectivity index (χ0) is 11.5. The molecule has 1 amide bonds. The van der Waals surface area contributed by atoms with Gasteiger partial charge in [-0.25, -0.2) is 0 Å². The molecule has 16 heavy (non-hydrogen) atoms. The molecule has 2 rings (SSSR count). The average molecular weight is 221 g/mol. The van der Waals surface area contributed by atoms with Gasteiger partial charge in [0.25, 0.3) is 11.5 Å². The van der Waals surface area contributed by atoms with Crippen LogP contribution >= 0.6 is 0 Å². The van der Waals surface area contributed by atoms with Crippen LogP contribution in [0.4, 0.5) is 0 Å². The largest absolute Gasteiger partial charge is 0.365 e. The van der Waals surface area contributed by atoms with Crippen molar-refractivity contribution in [1.29, 1.82) is 0 Å². The maximum atomic E-state index is 11.8. The lowest BCUT2D eigenvalue weighted by atomic mass is 10.2. The zero-order valence-electron chi connectivity index (χ0n) is 9.06. The minimum atomic E-state index is -0.664. The van der Waals surface area contributed by atoms with Gasteiger partial charge in [0.1, 0.15) is 5.56 Å². The van der Waals surface area contributed by atoms with Crippen LogP contribution in [0.15, 0.2) is 23.1 Å². The molecule has 0 aliphatic carbocycles. The first-order valence-electron chi connectivity index (χ1n) is 5.40. The van der Waals surface area contributed by atoms with Crippen LogP contribution < -0.4 is 11.3 Å². The molecule has 1 aromatic heterocycles. The van der Waals surface area contributed by atoms with Gasteiger partial charge < -0.3 is 15.2 Å². The van der Waals surface area contributed by atoms with E-state index in [0.717, 1.165) is 19.6 Å². The Bertz CT molecular complexity index is 449. The Morgan fingerprint density at radius 3 is 2.69 bits per heavy atom. The Hall–Kier alpha value is -1.62. The van der Waals surface area contributed by atoms with Gasteiger partial charge in [0.05, 0.1) is 0 Å². The fourth-order valence-electron chi connectivity index (χ4n) is 1.75. The highest BCUT2D eigenvalue weighted by atomic mass is 16.2. The van der Waals surface area contributed by atoms with Gasteiger partial charge >= 0.3 is 0 Å². The number of nitrogens with zero attached hydrogens (tertiary/aromatic N) is 2. The number of rotatable bonds is 4. The first-order chi connectivity index (χ1) is 7.68. The second kappa shape index (κ2) is 4.49. The van der Waals surface area contributed by atoms with E-state index >= 15 is 0 Å². The normalized spacial score (nSPS) is 15.8. The summed E-state index contributed by atoms with van der Waals surface area (Å²) >= 11 is 0. The van der Waals surface area contributed by atoms with Gasteiger partial charge in [-0.3, -0.25) is 9.59 Å². The number of carbonyl (C=O) groups excluding carboxylic acids is 1. The van der Waals surface area contributed by atoms with Crippen molar-refractivity contribution in [2.45, 2.75) is 13.0 Å². The molecule has 86 valence electrons. The van der Waals surface area contributed by atoms with Crippen LogP contribution in [0.1, 0.15) is 16.8 Å². The molecule has 0 radical (unpaired) electrons. The van der Waals surface area contributed by atoms with Crippen molar-refractivity contribution in [3.63, 3.8) is 0 Å². The number of pyridine rings is 1. The third kappa shape index (κ3) is 2.14. The Morgan fingerprint density at radius 2 is 2.12 bits per heavy atom. The van der Waals surface area contributed by atoms with Crippen molar-refractivity contribution in [2.75, 3.05) is 19.6 Å². The first kappa shape index (κ1) is 10.9. The third-order valence-electron chi connectivity index (χ3n) is 2.89. The number of carbonyl (C=O) groups is 1. The highest BCUT2D eigenvalue weighted by Crippen LogP contribution is 2.04. The molecule has 5 nitrogen and oxygen atoms in total. The minimum absolute atomic E-state index is 0.0612. The maximum Gasteiger partial charge on any atom is 0.263 e. The quantitative estimate of drug-likeness (QED) is 0.755. The van der Waals surface area contributed by atoms with Gasteiger partial charge in [0.15, 0.2) is 0 Å². The van der Waals surface area contributed by atoms with Crippen LogP contribution in [0.3, 0.4) is 0 Å². The number of likely N-dealkylation sites (tertiary alicyclic amines) is 1. The summed E-state index contributed by atoms with van der Waals surface area (Å²) in [6.07, 6.45) is 2.92. The Balaban J connectivity index is 2.11. The summed E-state index contributed by atoms with van der Waals surface area (Å²) in [7, 11) is 0. The van der Waals surface area contributed by atoms with Gasteiger partial charge in [0.2, 0.25) is 0 Å². The van der Waals surface area contributed by atoms with E-state index in [-0.39, 0.29) is 11.1 Å². The molecule has 0 atom stereocenters. The van der Waals surface area contributed by atoms with E-state index in [1.165, 1.54) is 12.5 Å². The lowest BCUT2D eigenvalue weighted by molar-refractivity contribution is 0.0998. The van der Waals surface area contributed by atoms with Crippen LogP contribution in [0.2, 0.25) is 0 Å². The molecule has 2 N–H and O–H groups in total. The Kier molecular flexibility index (Phi) is 3.05. The monoisotopic (exact) mass is 221 g/mol. The predicted octanol–water partition coefficient (Wildman–Crippen LogP) is -0.347. The molecule has 0 saturated carbocycles. The van der Waals surface area contributed by atoms with E-state index in [0.29, 0.717) is 6.54 Å². The van der Waals surface area contributed by atoms with Crippen molar-refractivity contribution in [1.82, 2.24) is 9.47 Å². The van der Waals surface area contributed by atoms with Gasteiger partial charge in [-0.05, 0) is 31.6 Å². The molecular formula is C11H15N3O2. The molecule has 1 aliphatic heterocycles. The van der Waals surface area contributed by atoms with Crippen LogP contribution in [0, 0.1) is 0 Å². The van der Waals surface area contributed by atoms with Crippen LogP contribution in [0.5, 0.6) is 0 Å². The summed E-state index contributed by atoms with van der Waals surface area (Å²) < 4.78 is 1.54. The third-order valence-corrected chi connectivity index (χ3v) is 2.89. The molecule has 0 unspecified atom stereocenters. The van der Waals surface area contributed by atoms with Gasteiger partial charge in [-0.15, -0.1) is 0 Å². The summed E-state index contributed by atoms with van der Waals surface area (Å²) in [6.45, 7) is 3.66. The summed E-state index contributed by atoms with van der Waals surface area (Å²) in [5, 5.41) is 0. The number of amides is 1. The molecule has 1 aliphatic rings. The summed E-state index contributed by atoms with van der Waals surface area (Å²) in [6, 6.07) is 3.14. The molecule has 1 fully saturated rings. The molecule has 0 spiro atoms. The lowest BCUT2D eigenvalue weighted by Crippen LogP contribution is -2.40. The average Bonchev–Trinajstić information content (AvgIpc) is 2.17. The lowest BCUT2D eigenvalue weighted by Gasteiger charge is -2.30. The molecule has 1 saturated heterocycles. The van der Waals surface area contributed by atoms with Crippen molar-refractivity contribution < 1.29 is 4.79 Å². The molecule has 1 aromatic rings. The van der Waals surface area contributed by atoms with Crippen molar-refractivity contribution >= 4 is 5.91 Å². The zero-order valence-corrected chi connectivity index (χ0v) is 9.06. The highest BCUT2D eigenvalue weighted by Gasteiger charge is 2.14. The van der Waals surface area contributed by atoms with E-state index in [4.69, 9.17) is 5.73 Å². The second-order valence-corrected chi connectivity index (χ2v) is 3.98. The number of nitrogens with two attached hydrogens (primary N) is 1.